The summed E-state index contributed by atoms with van der Waals surface area (Å²) in [6.45, 7) is 3.76. The predicted molar refractivity (Wildman–Crippen MR) is 118 cm³/mol. The molecule has 0 bridgehead atoms. The van der Waals surface area contributed by atoms with Crippen LogP contribution < -0.4 is 5.32 Å². The molecule has 0 saturated carbocycles. The molecule has 5 rings (SSSR count). The van der Waals surface area contributed by atoms with Crippen molar-refractivity contribution in [2.45, 2.75) is 13.8 Å². The largest absolute Gasteiger partial charge is 0.355 e. The second-order valence-corrected chi connectivity index (χ2v) is 7.28. The van der Waals surface area contributed by atoms with E-state index in [0.717, 1.165) is 33.4 Å². The third-order valence-electron chi connectivity index (χ3n) is 5.24. The number of amides is 1. The quantitative estimate of drug-likeness (QED) is 0.454. The van der Waals surface area contributed by atoms with Crippen LogP contribution in [0.4, 0.5) is 5.69 Å². The van der Waals surface area contributed by atoms with Gasteiger partial charge in [0.1, 0.15) is 5.52 Å². The molecule has 0 radical (unpaired) electrons. The van der Waals surface area contributed by atoms with Gasteiger partial charge in [0.25, 0.3) is 5.91 Å². The number of carbonyl (C=O) groups is 1. The van der Waals surface area contributed by atoms with Crippen LogP contribution in [0.15, 0.2) is 77.3 Å². The number of fused-ring (bicyclic) bond motifs is 1. The van der Waals surface area contributed by atoms with E-state index in [9.17, 15) is 4.79 Å². The van der Waals surface area contributed by atoms with Gasteiger partial charge in [0.05, 0.1) is 16.8 Å². The number of aryl methyl sites for hydroxylation is 1. The lowest BCUT2D eigenvalue weighted by Gasteiger charge is -2.07. The third-order valence-corrected chi connectivity index (χ3v) is 5.24. The fraction of sp³-hybridized carbons (Fsp3) is 0.0833. The molecule has 7 nitrogen and oxygen atoms in total. The smallest absolute Gasteiger partial charge is 0.278 e. The van der Waals surface area contributed by atoms with E-state index in [1.54, 1.807) is 4.68 Å². The van der Waals surface area contributed by atoms with Crippen LogP contribution in [-0.2, 0) is 0 Å². The minimum atomic E-state index is -0.297. The number of para-hydroxylation sites is 1. The summed E-state index contributed by atoms with van der Waals surface area (Å²) in [7, 11) is 0. The fourth-order valence-electron chi connectivity index (χ4n) is 3.54. The van der Waals surface area contributed by atoms with Crippen LogP contribution in [0.1, 0.15) is 21.7 Å². The summed E-state index contributed by atoms with van der Waals surface area (Å²) in [5.74, 6) is 0.391. The summed E-state index contributed by atoms with van der Waals surface area (Å²) in [6, 6.07) is 23.1. The van der Waals surface area contributed by atoms with Crippen LogP contribution in [0.5, 0.6) is 0 Å². The summed E-state index contributed by atoms with van der Waals surface area (Å²) in [4.78, 5) is 12.8. The van der Waals surface area contributed by atoms with Gasteiger partial charge in [-0.2, -0.15) is 0 Å². The number of hydrogen-bond donors (Lipinski definition) is 1. The van der Waals surface area contributed by atoms with Crippen molar-refractivity contribution in [3.63, 3.8) is 0 Å². The van der Waals surface area contributed by atoms with Crippen molar-refractivity contribution in [3.8, 4) is 17.0 Å². The van der Waals surface area contributed by atoms with Gasteiger partial charge in [-0.3, -0.25) is 4.79 Å². The zero-order valence-corrected chi connectivity index (χ0v) is 17.0. The van der Waals surface area contributed by atoms with Crippen molar-refractivity contribution >= 4 is 22.5 Å². The molecule has 0 aliphatic rings. The molecule has 0 aliphatic carbocycles. The lowest BCUT2D eigenvalue weighted by Crippen LogP contribution is -2.15. The summed E-state index contributed by atoms with van der Waals surface area (Å²) < 4.78 is 7.23. The lowest BCUT2D eigenvalue weighted by atomic mass is 10.1. The molecule has 7 heteroatoms. The zero-order chi connectivity index (χ0) is 21.4. The van der Waals surface area contributed by atoms with Crippen molar-refractivity contribution in [1.29, 1.82) is 0 Å². The molecule has 0 saturated heterocycles. The fourth-order valence-corrected chi connectivity index (χ4v) is 3.54. The Kier molecular flexibility index (Phi) is 4.55. The maximum absolute atomic E-state index is 12.8. The average molecular weight is 409 g/mol. The second kappa shape index (κ2) is 7.53. The van der Waals surface area contributed by atoms with Crippen LogP contribution >= 0.6 is 0 Å². The molecule has 5 aromatic rings. The number of hydrogen-bond acceptors (Lipinski definition) is 5. The standard InChI is InChI=1S/C24H19N5O2/c1-15-8-6-7-11-20(15)25-24(30)22-16(2)29(28-26-22)18-12-13-21-19(14-18)23(31-27-21)17-9-4-3-5-10-17/h3-14H,1-2H3,(H,25,30). The highest BCUT2D eigenvalue weighted by Crippen LogP contribution is 2.30. The van der Waals surface area contributed by atoms with Gasteiger partial charge >= 0.3 is 0 Å². The van der Waals surface area contributed by atoms with Gasteiger partial charge in [0.2, 0.25) is 0 Å². The molecule has 0 spiro atoms. The lowest BCUT2D eigenvalue weighted by molar-refractivity contribution is 0.102. The Labute approximate surface area is 178 Å². The van der Waals surface area contributed by atoms with Gasteiger partial charge in [-0.25, -0.2) is 4.68 Å². The van der Waals surface area contributed by atoms with Crippen molar-refractivity contribution in [2.24, 2.45) is 0 Å². The summed E-state index contributed by atoms with van der Waals surface area (Å²) in [5.41, 5.74) is 5.11. The van der Waals surface area contributed by atoms with E-state index in [2.05, 4.69) is 20.8 Å². The van der Waals surface area contributed by atoms with Crippen LogP contribution in [0.3, 0.4) is 0 Å². The van der Waals surface area contributed by atoms with Gasteiger partial charge < -0.3 is 9.84 Å². The average Bonchev–Trinajstić information content (AvgIpc) is 3.39. The van der Waals surface area contributed by atoms with Crippen molar-refractivity contribution < 1.29 is 9.32 Å². The monoisotopic (exact) mass is 409 g/mol. The maximum atomic E-state index is 12.8. The first-order valence-electron chi connectivity index (χ1n) is 9.86. The maximum Gasteiger partial charge on any atom is 0.278 e. The molecule has 0 unspecified atom stereocenters. The van der Waals surface area contributed by atoms with Crippen LogP contribution in [-0.4, -0.2) is 26.1 Å². The number of nitrogens with one attached hydrogen (secondary N) is 1. The van der Waals surface area contributed by atoms with Gasteiger partial charge in [0, 0.05) is 11.3 Å². The molecule has 2 aromatic heterocycles. The highest BCUT2D eigenvalue weighted by atomic mass is 16.5. The van der Waals surface area contributed by atoms with Gasteiger partial charge in [-0.15, -0.1) is 5.10 Å². The van der Waals surface area contributed by atoms with Crippen LogP contribution in [0.25, 0.3) is 27.9 Å². The van der Waals surface area contributed by atoms with Crippen molar-refractivity contribution in [1.82, 2.24) is 20.2 Å². The summed E-state index contributed by atoms with van der Waals surface area (Å²) >= 11 is 0. The zero-order valence-electron chi connectivity index (χ0n) is 17.0. The Morgan fingerprint density at radius 3 is 2.55 bits per heavy atom. The van der Waals surface area contributed by atoms with E-state index in [-0.39, 0.29) is 11.6 Å². The van der Waals surface area contributed by atoms with E-state index in [0.29, 0.717) is 11.5 Å². The Bertz CT molecular complexity index is 1400. The van der Waals surface area contributed by atoms with E-state index in [1.165, 1.54) is 0 Å². The van der Waals surface area contributed by atoms with Gasteiger partial charge in [0.15, 0.2) is 11.5 Å². The summed E-state index contributed by atoms with van der Waals surface area (Å²) in [6.07, 6.45) is 0. The summed E-state index contributed by atoms with van der Waals surface area (Å²) in [5, 5.41) is 16.3. The minimum absolute atomic E-state index is 0.275. The van der Waals surface area contributed by atoms with Crippen molar-refractivity contribution in [3.05, 3.63) is 89.7 Å². The number of benzene rings is 3. The number of anilines is 1. The molecule has 0 aliphatic heterocycles. The molecule has 1 amide bonds. The van der Waals surface area contributed by atoms with E-state index < -0.39 is 0 Å². The second-order valence-electron chi connectivity index (χ2n) is 7.28. The topological polar surface area (TPSA) is 85.8 Å². The van der Waals surface area contributed by atoms with E-state index >= 15 is 0 Å². The van der Waals surface area contributed by atoms with E-state index in [1.807, 2.05) is 86.6 Å². The molecule has 0 atom stereocenters. The molecular formula is C24H19N5O2. The van der Waals surface area contributed by atoms with Gasteiger partial charge in [-0.1, -0.05) is 58.9 Å². The first-order valence-corrected chi connectivity index (χ1v) is 9.86. The minimum Gasteiger partial charge on any atom is -0.355 e. The molecule has 1 N–H and O–H groups in total. The van der Waals surface area contributed by atoms with Gasteiger partial charge in [-0.05, 0) is 43.7 Å². The first kappa shape index (κ1) is 18.7. The Hall–Kier alpha value is -4.26. The third kappa shape index (κ3) is 3.36. The number of rotatable bonds is 4. The van der Waals surface area contributed by atoms with E-state index in [4.69, 9.17) is 4.52 Å². The first-order chi connectivity index (χ1) is 15.1. The Balaban J connectivity index is 1.51. The molecule has 0 fully saturated rings. The Morgan fingerprint density at radius 1 is 0.968 bits per heavy atom. The number of carbonyl (C=O) groups excluding carboxylic acids is 1. The SMILES string of the molecule is Cc1ccccc1NC(=O)c1nnn(-c2ccc3noc(-c4ccccc4)c3c2)c1C. The highest BCUT2D eigenvalue weighted by molar-refractivity contribution is 6.04. The highest BCUT2D eigenvalue weighted by Gasteiger charge is 2.19. The predicted octanol–water partition coefficient (Wildman–Crippen LogP) is 4.94. The molecule has 2 heterocycles. The van der Waals surface area contributed by atoms with Crippen LogP contribution in [0.2, 0.25) is 0 Å². The molecule has 3 aromatic carbocycles. The normalized spacial score (nSPS) is 11.0. The van der Waals surface area contributed by atoms with Crippen LogP contribution in [0, 0.1) is 13.8 Å². The Morgan fingerprint density at radius 2 is 1.74 bits per heavy atom. The number of aromatic nitrogens is 4. The molecule has 152 valence electrons. The molecule has 31 heavy (non-hydrogen) atoms. The van der Waals surface area contributed by atoms with Crippen molar-refractivity contribution in [2.75, 3.05) is 5.32 Å². The molecular weight excluding hydrogens is 390 g/mol. The number of nitrogens with zero attached hydrogens (tertiary/aromatic N) is 4.